The molecule has 0 bridgehead atoms. The number of hydrogen-bond acceptors (Lipinski definition) is 1. The molecule has 1 atom stereocenters. The van der Waals surface area contributed by atoms with Gasteiger partial charge in [-0.25, -0.2) is 4.79 Å². The molecule has 2 saturated heterocycles. The van der Waals surface area contributed by atoms with Gasteiger partial charge in [-0.2, -0.15) is 0 Å². The van der Waals surface area contributed by atoms with Crippen molar-refractivity contribution in [1.29, 1.82) is 0 Å². The Bertz CT molecular complexity index is 200. The SMILES string of the molecule is CC1(C)NC(=O)N2CCC[C@H]21. The van der Waals surface area contributed by atoms with Crippen molar-refractivity contribution in [1.82, 2.24) is 10.2 Å². The van der Waals surface area contributed by atoms with E-state index in [0.29, 0.717) is 6.04 Å². The fourth-order valence-corrected chi connectivity index (χ4v) is 2.19. The highest BCUT2D eigenvalue weighted by atomic mass is 16.2. The maximum absolute atomic E-state index is 11.3. The minimum atomic E-state index is -0.00637. The smallest absolute Gasteiger partial charge is 0.318 e. The summed E-state index contributed by atoms with van der Waals surface area (Å²) in [5.74, 6) is 0. The fourth-order valence-electron chi connectivity index (χ4n) is 2.19. The van der Waals surface area contributed by atoms with Crippen LogP contribution in [0.5, 0.6) is 0 Å². The second-order valence-electron chi connectivity index (χ2n) is 4.00. The van der Waals surface area contributed by atoms with Crippen LogP contribution in [0, 0.1) is 0 Å². The van der Waals surface area contributed by atoms with E-state index in [2.05, 4.69) is 19.2 Å². The zero-order valence-corrected chi connectivity index (χ0v) is 7.05. The van der Waals surface area contributed by atoms with E-state index in [-0.39, 0.29) is 11.6 Å². The topological polar surface area (TPSA) is 32.3 Å². The van der Waals surface area contributed by atoms with Gasteiger partial charge in [0, 0.05) is 6.54 Å². The Kier molecular flexibility index (Phi) is 1.20. The Morgan fingerprint density at radius 3 is 3.00 bits per heavy atom. The summed E-state index contributed by atoms with van der Waals surface area (Å²) < 4.78 is 0. The van der Waals surface area contributed by atoms with Gasteiger partial charge >= 0.3 is 6.03 Å². The normalized spacial score (nSPS) is 33.8. The minimum Gasteiger partial charge on any atom is -0.331 e. The van der Waals surface area contributed by atoms with E-state index in [4.69, 9.17) is 0 Å². The van der Waals surface area contributed by atoms with Gasteiger partial charge in [-0.1, -0.05) is 0 Å². The molecule has 0 radical (unpaired) electrons. The molecule has 2 fully saturated rings. The van der Waals surface area contributed by atoms with E-state index in [1.165, 1.54) is 6.42 Å². The lowest BCUT2D eigenvalue weighted by molar-refractivity contribution is 0.215. The van der Waals surface area contributed by atoms with Gasteiger partial charge in [-0.3, -0.25) is 0 Å². The van der Waals surface area contributed by atoms with Gasteiger partial charge in [0.2, 0.25) is 0 Å². The first-order chi connectivity index (χ1) is 5.11. The molecule has 0 unspecified atom stereocenters. The summed E-state index contributed by atoms with van der Waals surface area (Å²) in [6, 6.07) is 0.563. The van der Waals surface area contributed by atoms with Crippen molar-refractivity contribution < 1.29 is 4.79 Å². The van der Waals surface area contributed by atoms with Gasteiger partial charge in [0.1, 0.15) is 0 Å². The quantitative estimate of drug-likeness (QED) is 0.553. The highest BCUT2D eigenvalue weighted by Crippen LogP contribution is 2.31. The van der Waals surface area contributed by atoms with Crippen LogP contribution >= 0.6 is 0 Å². The molecule has 1 N–H and O–H groups in total. The molecule has 2 rings (SSSR count). The molecule has 0 spiro atoms. The zero-order valence-electron chi connectivity index (χ0n) is 7.05. The maximum atomic E-state index is 11.3. The van der Waals surface area contributed by atoms with Crippen LogP contribution in [0.25, 0.3) is 0 Å². The minimum absolute atomic E-state index is 0.00637. The molecule has 3 heteroatoms. The van der Waals surface area contributed by atoms with Crippen LogP contribution < -0.4 is 5.32 Å². The first kappa shape index (κ1) is 6.95. The van der Waals surface area contributed by atoms with Crippen LogP contribution in [0.3, 0.4) is 0 Å². The Morgan fingerprint density at radius 2 is 2.36 bits per heavy atom. The highest BCUT2D eigenvalue weighted by molar-refractivity contribution is 5.78. The van der Waals surface area contributed by atoms with Crippen LogP contribution in [0.4, 0.5) is 4.79 Å². The molecule has 3 nitrogen and oxygen atoms in total. The van der Waals surface area contributed by atoms with E-state index in [9.17, 15) is 4.79 Å². The number of nitrogens with one attached hydrogen (secondary N) is 1. The molecule has 2 aliphatic heterocycles. The lowest BCUT2D eigenvalue weighted by Crippen LogP contribution is -2.42. The first-order valence-corrected chi connectivity index (χ1v) is 4.20. The van der Waals surface area contributed by atoms with Crippen molar-refractivity contribution >= 4 is 6.03 Å². The van der Waals surface area contributed by atoms with Crippen molar-refractivity contribution in [2.45, 2.75) is 38.3 Å². The summed E-state index contributed by atoms with van der Waals surface area (Å²) in [6.07, 6.45) is 2.33. The largest absolute Gasteiger partial charge is 0.331 e. The van der Waals surface area contributed by atoms with Gasteiger partial charge in [-0.15, -0.1) is 0 Å². The van der Waals surface area contributed by atoms with Crippen LogP contribution in [-0.2, 0) is 0 Å². The first-order valence-electron chi connectivity index (χ1n) is 4.20. The molecule has 62 valence electrons. The number of amides is 2. The average Bonchev–Trinajstić information content (AvgIpc) is 2.37. The zero-order chi connectivity index (χ0) is 8.06. The van der Waals surface area contributed by atoms with Crippen molar-refractivity contribution in [2.75, 3.05) is 6.54 Å². The van der Waals surface area contributed by atoms with Gasteiger partial charge < -0.3 is 10.2 Å². The monoisotopic (exact) mass is 154 g/mol. The Morgan fingerprint density at radius 1 is 1.64 bits per heavy atom. The lowest BCUT2D eigenvalue weighted by Gasteiger charge is -2.24. The summed E-state index contributed by atoms with van der Waals surface area (Å²) >= 11 is 0. The van der Waals surface area contributed by atoms with E-state index < -0.39 is 0 Å². The number of hydrogen-bond donors (Lipinski definition) is 1. The van der Waals surface area contributed by atoms with Crippen LogP contribution in [0.15, 0.2) is 0 Å². The molecule has 2 aliphatic rings. The molecular formula is C8H14N2O. The number of rotatable bonds is 0. The number of carbonyl (C=O) groups excluding carboxylic acids is 1. The summed E-state index contributed by atoms with van der Waals surface area (Å²) in [6.45, 7) is 5.14. The van der Waals surface area contributed by atoms with E-state index in [1.54, 1.807) is 0 Å². The molecule has 2 heterocycles. The lowest BCUT2D eigenvalue weighted by atomic mass is 9.95. The summed E-state index contributed by atoms with van der Waals surface area (Å²) in [7, 11) is 0. The van der Waals surface area contributed by atoms with Gasteiger partial charge in [0.25, 0.3) is 0 Å². The third kappa shape index (κ3) is 0.832. The van der Waals surface area contributed by atoms with Gasteiger partial charge in [0.15, 0.2) is 0 Å². The standard InChI is InChI=1S/C8H14N2O/c1-8(2)6-4-3-5-10(6)7(11)9-8/h6H,3-5H2,1-2H3,(H,9,11)/t6-/m0/s1. The summed E-state index contributed by atoms with van der Waals surface area (Å²) in [5.41, 5.74) is -0.00637. The van der Waals surface area contributed by atoms with Crippen LogP contribution in [0.2, 0.25) is 0 Å². The Hall–Kier alpha value is -0.730. The molecule has 0 aromatic heterocycles. The molecule has 0 saturated carbocycles. The Labute approximate surface area is 66.8 Å². The number of fused-ring (bicyclic) bond motifs is 1. The molecule has 11 heavy (non-hydrogen) atoms. The third-order valence-electron chi connectivity index (χ3n) is 2.78. The summed E-state index contributed by atoms with van der Waals surface area (Å²) in [5, 5.41) is 2.98. The van der Waals surface area contributed by atoms with Crippen molar-refractivity contribution in [3.63, 3.8) is 0 Å². The van der Waals surface area contributed by atoms with Crippen LogP contribution in [-0.4, -0.2) is 29.1 Å². The molecule has 0 aliphatic carbocycles. The summed E-state index contributed by atoms with van der Waals surface area (Å²) in [4.78, 5) is 13.2. The maximum Gasteiger partial charge on any atom is 0.318 e. The molecular weight excluding hydrogens is 140 g/mol. The highest BCUT2D eigenvalue weighted by Gasteiger charge is 2.46. The number of carbonyl (C=O) groups is 1. The van der Waals surface area contributed by atoms with Crippen molar-refractivity contribution in [3.05, 3.63) is 0 Å². The second kappa shape index (κ2) is 1.90. The van der Waals surface area contributed by atoms with Crippen LogP contribution in [0.1, 0.15) is 26.7 Å². The predicted molar refractivity (Wildman–Crippen MR) is 42.3 cm³/mol. The molecule has 2 amide bonds. The number of nitrogens with zero attached hydrogens (tertiary/aromatic N) is 1. The second-order valence-corrected chi connectivity index (χ2v) is 4.00. The van der Waals surface area contributed by atoms with Crippen molar-refractivity contribution in [3.8, 4) is 0 Å². The molecule has 0 aromatic rings. The van der Waals surface area contributed by atoms with E-state index in [1.807, 2.05) is 4.90 Å². The fraction of sp³-hybridized carbons (Fsp3) is 0.875. The van der Waals surface area contributed by atoms with Crippen molar-refractivity contribution in [2.24, 2.45) is 0 Å². The Balaban J connectivity index is 2.27. The van der Waals surface area contributed by atoms with E-state index in [0.717, 1.165) is 13.0 Å². The van der Waals surface area contributed by atoms with Gasteiger partial charge in [0.05, 0.1) is 11.6 Å². The molecule has 0 aromatic carbocycles. The van der Waals surface area contributed by atoms with Gasteiger partial charge in [-0.05, 0) is 26.7 Å². The van der Waals surface area contributed by atoms with E-state index >= 15 is 0 Å². The third-order valence-corrected chi connectivity index (χ3v) is 2.78. The average molecular weight is 154 g/mol. The number of urea groups is 1. The predicted octanol–water partition coefficient (Wildman–Crippen LogP) is 0.953.